The number of nitrogens with zero attached hydrogens (tertiary/aromatic N) is 1. The summed E-state index contributed by atoms with van der Waals surface area (Å²) in [7, 11) is 2.11. The van der Waals surface area contributed by atoms with Gasteiger partial charge in [0, 0.05) is 35.1 Å². The van der Waals surface area contributed by atoms with E-state index in [1.54, 1.807) is 0 Å². The van der Waals surface area contributed by atoms with Gasteiger partial charge < -0.3 is 24.6 Å². The molecule has 0 aromatic heterocycles. The molecule has 5 heteroatoms. The van der Waals surface area contributed by atoms with E-state index in [4.69, 9.17) is 19.7 Å². The predicted molar refractivity (Wildman–Crippen MR) is 144 cm³/mol. The molecule has 0 saturated carbocycles. The maximum Gasteiger partial charge on any atom is 0.119 e. The molecule has 0 unspecified atom stereocenters. The van der Waals surface area contributed by atoms with Crippen LogP contribution in [-0.2, 0) is 0 Å². The lowest BCUT2D eigenvalue weighted by Crippen LogP contribution is -2.18. The summed E-state index contributed by atoms with van der Waals surface area (Å²) < 4.78 is 11.2. The fourth-order valence-electron chi connectivity index (χ4n) is 4.72. The largest absolute Gasteiger partial charge is 0.491 e. The van der Waals surface area contributed by atoms with Gasteiger partial charge in [-0.05, 0) is 53.1 Å². The molecule has 4 aromatic carbocycles. The second-order valence-corrected chi connectivity index (χ2v) is 8.54. The van der Waals surface area contributed by atoms with Crippen molar-refractivity contribution in [2.75, 3.05) is 38.4 Å². The Morgan fingerprint density at radius 3 is 1.44 bits per heavy atom. The summed E-state index contributed by atoms with van der Waals surface area (Å²) in [5.74, 6) is 1.43. The van der Waals surface area contributed by atoms with E-state index in [-0.39, 0.29) is 26.4 Å². The molecule has 0 amide bonds. The van der Waals surface area contributed by atoms with Gasteiger partial charge in [0.15, 0.2) is 0 Å². The van der Waals surface area contributed by atoms with Crippen LogP contribution in [0.1, 0.15) is 22.3 Å². The minimum atomic E-state index is -0.0250. The summed E-state index contributed by atoms with van der Waals surface area (Å²) in [5.41, 5.74) is 8.99. The van der Waals surface area contributed by atoms with Crippen LogP contribution in [0.25, 0.3) is 11.1 Å². The fraction of sp³-hybridized carbons (Fsp3) is 0.161. The van der Waals surface area contributed by atoms with Crippen molar-refractivity contribution in [3.8, 4) is 11.5 Å². The number of hydrogen-bond donors (Lipinski definition) is 2. The number of anilines is 2. The first-order valence-electron chi connectivity index (χ1n) is 12.1. The normalized spacial score (nSPS) is 12.1. The molecular formula is C31H29NO4. The Morgan fingerprint density at radius 2 is 1.03 bits per heavy atom. The molecule has 5 rings (SSSR count). The van der Waals surface area contributed by atoms with Crippen molar-refractivity contribution in [3.05, 3.63) is 119 Å². The first kappa shape index (κ1) is 23.7. The molecule has 0 aliphatic carbocycles. The van der Waals surface area contributed by atoms with Gasteiger partial charge in [-0.3, -0.25) is 0 Å². The van der Waals surface area contributed by atoms with Crippen molar-refractivity contribution in [2.45, 2.75) is 0 Å². The molecule has 0 spiro atoms. The zero-order chi connectivity index (χ0) is 24.9. The van der Waals surface area contributed by atoms with Crippen molar-refractivity contribution >= 4 is 22.5 Å². The summed E-state index contributed by atoms with van der Waals surface area (Å²) in [4.78, 5) is 2.24. The molecule has 4 aromatic rings. The molecule has 0 radical (unpaired) electrons. The van der Waals surface area contributed by atoms with Gasteiger partial charge in [0.2, 0.25) is 0 Å². The van der Waals surface area contributed by atoms with E-state index in [9.17, 15) is 0 Å². The van der Waals surface area contributed by atoms with Gasteiger partial charge >= 0.3 is 0 Å². The van der Waals surface area contributed by atoms with Gasteiger partial charge in [0.05, 0.1) is 13.2 Å². The topological polar surface area (TPSA) is 62.2 Å². The Bertz CT molecular complexity index is 1260. The third kappa shape index (κ3) is 4.59. The average molecular weight is 480 g/mol. The molecule has 2 N–H and O–H groups in total. The number of hydrogen-bond acceptors (Lipinski definition) is 5. The minimum absolute atomic E-state index is 0.0250. The van der Waals surface area contributed by atoms with Crippen LogP contribution in [0.4, 0.5) is 11.4 Å². The summed E-state index contributed by atoms with van der Waals surface area (Å²) in [6.07, 6.45) is 0. The van der Waals surface area contributed by atoms with Crippen LogP contribution < -0.4 is 14.4 Å². The van der Waals surface area contributed by atoms with E-state index in [1.165, 1.54) is 0 Å². The summed E-state index contributed by atoms with van der Waals surface area (Å²) in [6, 6.07) is 33.0. The van der Waals surface area contributed by atoms with Crippen LogP contribution in [-0.4, -0.2) is 43.7 Å². The van der Waals surface area contributed by atoms with E-state index in [0.717, 1.165) is 44.8 Å². The number of aliphatic hydroxyl groups excluding tert-OH is 2. The summed E-state index contributed by atoms with van der Waals surface area (Å²) >= 11 is 0. The van der Waals surface area contributed by atoms with Gasteiger partial charge in [0.25, 0.3) is 0 Å². The smallest absolute Gasteiger partial charge is 0.119 e. The number of ether oxygens (including phenoxy) is 2. The van der Waals surface area contributed by atoms with Gasteiger partial charge in [0.1, 0.15) is 24.7 Å². The van der Waals surface area contributed by atoms with Crippen LogP contribution in [0.2, 0.25) is 0 Å². The third-order valence-corrected chi connectivity index (χ3v) is 6.33. The van der Waals surface area contributed by atoms with Crippen LogP contribution >= 0.6 is 0 Å². The lowest BCUT2D eigenvalue weighted by molar-refractivity contribution is 0.201. The molecule has 36 heavy (non-hydrogen) atoms. The zero-order valence-electron chi connectivity index (χ0n) is 20.2. The van der Waals surface area contributed by atoms with Crippen LogP contribution in [0, 0.1) is 0 Å². The second kappa shape index (κ2) is 10.7. The first-order valence-corrected chi connectivity index (χ1v) is 12.1. The molecule has 0 fully saturated rings. The minimum Gasteiger partial charge on any atom is -0.491 e. The molecule has 5 nitrogen and oxygen atoms in total. The second-order valence-electron chi connectivity index (χ2n) is 8.54. The molecule has 0 bridgehead atoms. The number of fused-ring (bicyclic) bond motifs is 2. The summed E-state index contributed by atoms with van der Waals surface area (Å²) in [6.45, 7) is 0.469. The number of para-hydroxylation sites is 2. The Labute approximate surface area is 211 Å². The molecule has 1 aliphatic heterocycles. The number of benzene rings is 4. The summed E-state index contributed by atoms with van der Waals surface area (Å²) in [5, 5.41) is 18.2. The molecule has 1 heterocycles. The highest BCUT2D eigenvalue weighted by Crippen LogP contribution is 2.48. The van der Waals surface area contributed by atoms with E-state index < -0.39 is 0 Å². The van der Waals surface area contributed by atoms with E-state index >= 15 is 0 Å². The van der Waals surface area contributed by atoms with Crippen molar-refractivity contribution in [1.82, 2.24) is 0 Å². The third-order valence-electron chi connectivity index (χ3n) is 6.33. The Hall–Kier alpha value is -4.06. The van der Waals surface area contributed by atoms with E-state index in [1.807, 2.05) is 24.3 Å². The lowest BCUT2D eigenvalue weighted by atomic mass is 9.82. The van der Waals surface area contributed by atoms with Crippen molar-refractivity contribution in [3.63, 3.8) is 0 Å². The highest BCUT2D eigenvalue weighted by Gasteiger charge is 2.27. The fourth-order valence-corrected chi connectivity index (χ4v) is 4.72. The van der Waals surface area contributed by atoms with Crippen molar-refractivity contribution in [2.24, 2.45) is 0 Å². The van der Waals surface area contributed by atoms with Gasteiger partial charge in [-0.15, -0.1) is 0 Å². The van der Waals surface area contributed by atoms with Crippen LogP contribution in [0.15, 0.2) is 97.1 Å². The SMILES string of the molecule is CN1c2ccccc2C(=C(c2ccc(OCCO)cc2)c2ccc(OCCO)cc2)c2ccccc21. The molecule has 0 saturated heterocycles. The molecule has 0 atom stereocenters. The van der Waals surface area contributed by atoms with Crippen LogP contribution in [0.5, 0.6) is 11.5 Å². The van der Waals surface area contributed by atoms with Gasteiger partial charge in [-0.2, -0.15) is 0 Å². The Morgan fingerprint density at radius 1 is 0.611 bits per heavy atom. The standard InChI is InChI=1S/C31H29NO4/c1-32-28-8-4-2-6-26(28)31(27-7-3-5-9-29(27)32)30(22-10-14-24(15-11-22)35-20-18-33)23-12-16-25(17-13-23)36-21-19-34/h2-17,33-34H,18-21H2,1H3. The monoisotopic (exact) mass is 479 g/mol. The zero-order valence-corrected chi connectivity index (χ0v) is 20.2. The number of rotatable bonds is 8. The first-order chi connectivity index (χ1) is 17.7. The van der Waals surface area contributed by atoms with Crippen LogP contribution in [0.3, 0.4) is 0 Å². The lowest BCUT2D eigenvalue weighted by Gasteiger charge is -2.33. The molecular weight excluding hydrogens is 450 g/mol. The van der Waals surface area contributed by atoms with Crippen molar-refractivity contribution < 1.29 is 19.7 Å². The highest BCUT2D eigenvalue weighted by molar-refractivity contribution is 6.11. The quantitative estimate of drug-likeness (QED) is 0.349. The van der Waals surface area contributed by atoms with Crippen molar-refractivity contribution in [1.29, 1.82) is 0 Å². The number of aliphatic hydroxyl groups is 2. The Kier molecular flexibility index (Phi) is 7.03. The Balaban J connectivity index is 1.74. The van der Waals surface area contributed by atoms with Gasteiger partial charge in [-0.25, -0.2) is 0 Å². The molecule has 182 valence electrons. The van der Waals surface area contributed by atoms with Gasteiger partial charge in [-0.1, -0.05) is 60.7 Å². The van der Waals surface area contributed by atoms with E-state index in [0.29, 0.717) is 11.5 Å². The molecule has 1 aliphatic rings. The van der Waals surface area contributed by atoms with E-state index in [2.05, 4.69) is 84.7 Å². The maximum atomic E-state index is 9.11. The predicted octanol–water partition coefficient (Wildman–Crippen LogP) is 5.52. The average Bonchev–Trinajstić information content (AvgIpc) is 2.94. The maximum absolute atomic E-state index is 9.11. The highest BCUT2D eigenvalue weighted by atomic mass is 16.5.